The summed E-state index contributed by atoms with van der Waals surface area (Å²) in [6.07, 6.45) is 5.98. The summed E-state index contributed by atoms with van der Waals surface area (Å²) in [6.45, 7) is 2.19. The first-order chi connectivity index (χ1) is 8.51. The molecule has 0 saturated heterocycles. The zero-order valence-electron chi connectivity index (χ0n) is 10.7. The molecule has 0 aromatic heterocycles. The Bertz CT molecular complexity index is 469. The van der Waals surface area contributed by atoms with Crippen molar-refractivity contribution >= 4 is 19.4 Å². The van der Waals surface area contributed by atoms with Gasteiger partial charge in [0.25, 0.3) is 10.3 Å². The van der Waals surface area contributed by atoms with Gasteiger partial charge in [0.1, 0.15) is 0 Å². The van der Waals surface area contributed by atoms with Gasteiger partial charge in [0, 0.05) is 5.56 Å². The standard InChI is InChI=1S/C13H20O3S2/c1-2-3-4-5-7-12-8-6-9-13(10-12)11-17-18(14,15)16/h6,8-10H,2-5,7,11H2,1H3,(H-,14,15,16)/p+1. The van der Waals surface area contributed by atoms with Crippen molar-refractivity contribution in [3.8, 4) is 0 Å². The molecular formula is C13H21O3S2+. The van der Waals surface area contributed by atoms with E-state index in [0.29, 0.717) is 16.1 Å². The van der Waals surface area contributed by atoms with E-state index in [0.717, 1.165) is 12.0 Å². The van der Waals surface area contributed by atoms with Crippen molar-refractivity contribution in [1.82, 2.24) is 0 Å². The van der Waals surface area contributed by atoms with E-state index >= 15 is 0 Å². The summed E-state index contributed by atoms with van der Waals surface area (Å²) >= 11 is 0. The normalized spacial score (nSPS) is 11.5. The Labute approximate surface area is 113 Å². The van der Waals surface area contributed by atoms with Crippen molar-refractivity contribution < 1.29 is 13.3 Å². The zero-order valence-corrected chi connectivity index (χ0v) is 12.3. The summed E-state index contributed by atoms with van der Waals surface area (Å²) in [4.78, 5) is 0. The van der Waals surface area contributed by atoms with Gasteiger partial charge in [-0.25, -0.2) is 0 Å². The molecule has 0 unspecified atom stereocenters. The van der Waals surface area contributed by atoms with Gasteiger partial charge < -0.3 is 0 Å². The summed E-state index contributed by atoms with van der Waals surface area (Å²) in [5.41, 5.74) is 2.23. The maximum Gasteiger partial charge on any atom is 0.430 e. The monoisotopic (exact) mass is 289 g/mol. The lowest BCUT2D eigenvalue weighted by Gasteiger charge is -2.01. The average Bonchev–Trinajstić information content (AvgIpc) is 2.32. The molecule has 0 fully saturated rings. The van der Waals surface area contributed by atoms with Crippen LogP contribution in [0.4, 0.5) is 0 Å². The van der Waals surface area contributed by atoms with Gasteiger partial charge in [0.2, 0.25) is 5.75 Å². The second kappa shape index (κ2) is 7.84. The molecule has 0 atom stereocenters. The molecule has 0 radical (unpaired) electrons. The highest BCUT2D eigenvalue weighted by Crippen LogP contribution is 2.11. The first-order valence-corrected chi connectivity index (χ1v) is 9.20. The second-order valence-electron chi connectivity index (χ2n) is 4.34. The maximum atomic E-state index is 10.8. The van der Waals surface area contributed by atoms with Gasteiger partial charge in [-0.2, -0.15) is 4.21 Å². The molecule has 5 heteroatoms. The minimum absolute atomic E-state index is 0.356. The highest BCUT2D eigenvalue weighted by atomic mass is 32.9. The molecule has 1 aromatic carbocycles. The summed E-state index contributed by atoms with van der Waals surface area (Å²) in [5.74, 6) is 0.356. The van der Waals surface area contributed by atoms with Gasteiger partial charge in [0.05, 0.1) is 0 Å². The third kappa shape index (κ3) is 7.06. The minimum Gasteiger partial charge on any atom is -0.251 e. The molecule has 0 amide bonds. The molecule has 0 saturated carbocycles. The average molecular weight is 289 g/mol. The van der Waals surface area contributed by atoms with E-state index in [2.05, 4.69) is 13.0 Å². The fourth-order valence-electron chi connectivity index (χ4n) is 1.78. The zero-order chi connectivity index (χ0) is 13.4. The van der Waals surface area contributed by atoms with Crippen LogP contribution in [0.1, 0.15) is 43.7 Å². The van der Waals surface area contributed by atoms with Crippen molar-refractivity contribution in [2.75, 3.05) is 0 Å². The third-order valence-electron chi connectivity index (χ3n) is 2.69. The topological polar surface area (TPSA) is 57.5 Å². The maximum absolute atomic E-state index is 10.8. The lowest BCUT2D eigenvalue weighted by atomic mass is 10.0. The van der Waals surface area contributed by atoms with Crippen LogP contribution in [0.5, 0.6) is 0 Å². The SMILES string of the molecule is CCCCCCc1cccc(C[S+]=S(=O)(O)O)c1. The number of rotatable bonds is 7. The van der Waals surface area contributed by atoms with Crippen molar-refractivity contribution in [3.05, 3.63) is 35.4 Å². The van der Waals surface area contributed by atoms with Crippen molar-refractivity contribution in [2.45, 2.75) is 44.8 Å². The number of hydrogen-bond acceptors (Lipinski definition) is 1. The molecule has 0 aliphatic heterocycles. The van der Waals surface area contributed by atoms with Crippen molar-refractivity contribution in [2.24, 2.45) is 0 Å². The molecule has 2 N–H and O–H groups in total. The van der Waals surface area contributed by atoms with E-state index in [4.69, 9.17) is 9.11 Å². The molecular weight excluding hydrogens is 268 g/mol. The van der Waals surface area contributed by atoms with Crippen molar-refractivity contribution in [3.63, 3.8) is 0 Å². The van der Waals surface area contributed by atoms with Gasteiger partial charge in [0.15, 0.2) is 0 Å². The molecule has 0 aliphatic rings. The van der Waals surface area contributed by atoms with Crippen LogP contribution in [0, 0.1) is 0 Å². The molecule has 0 bridgehead atoms. The first kappa shape index (κ1) is 15.6. The Balaban J connectivity index is 2.54. The van der Waals surface area contributed by atoms with Crippen LogP contribution in [-0.4, -0.2) is 13.3 Å². The summed E-state index contributed by atoms with van der Waals surface area (Å²) in [7, 11) is -3.03. The van der Waals surface area contributed by atoms with Crippen LogP contribution < -0.4 is 0 Å². The van der Waals surface area contributed by atoms with Crippen LogP contribution >= 0.6 is 0 Å². The molecule has 3 nitrogen and oxygen atoms in total. The molecule has 1 aromatic rings. The van der Waals surface area contributed by atoms with E-state index in [1.165, 1.54) is 31.2 Å². The Morgan fingerprint density at radius 2 is 1.89 bits per heavy atom. The van der Waals surface area contributed by atoms with Crippen LogP contribution in [0.2, 0.25) is 0 Å². The molecule has 0 aliphatic carbocycles. The van der Waals surface area contributed by atoms with E-state index in [-0.39, 0.29) is 0 Å². The highest BCUT2D eigenvalue weighted by Gasteiger charge is 2.10. The van der Waals surface area contributed by atoms with E-state index < -0.39 is 9.05 Å². The highest BCUT2D eigenvalue weighted by molar-refractivity contribution is 8.33. The molecule has 0 heterocycles. The summed E-state index contributed by atoms with van der Waals surface area (Å²) in [6, 6.07) is 7.99. The first-order valence-electron chi connectivity index (χ1n) is 6.22. The quantitative estimate of drug-likeness (QED) is 0.596. The molecule has 18 heavy (non-hydrogen) atoms. The molecule has 0 spiro atoms. The number of aryl methyl sites for hydroxylation is 1. The molecule has 1 rings (SSSR count). The van der Waals surface area contributed by atoms with Gasteiger partial charge >= 0.3 is 9.05 Å². The third-order valence-corrected chi connectivity index (χ3v) is 4.72. The lowest BCUT2D eigenvalue weighted by Crippen LogP contribution is -1.97. The summed E-state index contributed by atoms with van der Waals surface area (Å²) < 4.78 is 28.4. The van der Waals surface area contributed by atoms with Gasteiger partial charge in [-0.3, -0.25) is 9.11 Å². The fourth-order valence-corrected chi connectivity index (χ4v) is 3.11. The Morgan fingerprint density at radius 1 is 1.17 bits per heavy atom. The largest absolute Gasteiger partial charge is 0.430 e. The van der Waals surface area contributed by atoms with Crippen molar-refractivity contribution in [1.29, 1.82) is 0 Å². The number of unbranched alkanes of at least 4 members (excludes halogenated alkanes) is 3. The van der Waals surface area contributed by atoms with E-state index in [9.17, 15) is 4.21 Å². The lowest BCUT2D eigenvalue weighted by molar-refractivity contribution is 0.450. The Hall–Kier alpha value is -0.490. The summed E-state index contributed by atoms with van der Waals surface area (Å²) in [5, 5.41) is 0. The van der Waals surface area contributed by atoms with E-state index in [1.807, 2.05) is 18.2 Å². The van der Waals surface area contributed by atoms with Gasteiger partial charge in [-0.15, -0.1) is 0 Å². The van der Waals surface area contributed by atoms with Crippen LogP contribution in [0.3, 0.4) is 0 Å². The Morgan fingerprint density at radius 3 is 2.56 bits per heavy atom. The van der Waals surface area contributed by atoms with E-state index in [1.54, 1.807) is 0 Å². The van der Waals surface area contributed by atoms with Crippen LogP contribution in [0.25, 0.3) is 0 Å². The van der Waals surface area contributed by atoms with Gasteiger partial charge in [-0.05, 0) is 18.4 Å². The fraction of sp³-hybridized carbons (Fsp3) is 0.538. The van der Waals surface area contributed by atoms with Crippen LogP contribution in [0.15, 0.2) is 24.3 Å². The smallest absolute Gasteiger partial charge is 0.251 e. The number of benzene rings is 1. The Kier molecular flexibility index (Phi) is 6.78. The predicted octanol–water partition coefficient (Wildman–Crippen LogP) is 3.54. The number of hydrogen-bond donors (Lipinski definition) is 2. The van der Waals surface area contributed by atoms with Gasteiger partial charge in [-0.1, -0.05) is 50.5 Å². The van der Waals surface area contributed by atoms with Crippen LogP contribution in [-0.2, 0) is 31.5 Å². The minimum atomic E-state index is -3.69. The predicted molar refractivity (Wildman–Crippen MR) is 78.8 cm³/mol. The molecule has 102 valence electrons. The second-order valence-corrected chi connectivity index (χ2v) is 7.77.